The molecular formula is C20H20N2O5S. The van der Waals surface area contributed by atoms with E-state index in [-0.39, 0.29) is 17.3 Å². The standard InChI is InChI=1S/C20H20N2O5S/c1-28-18-10-9-14(11-17(18)22(25)26)20(24)27-12-19(23)21-16-8-4-6-13-5-2-3-7-15(13)16/h2-3,5,7,9-11,16H,4,6,8,12H2,1H3,(H,21,23)/t16-/m0/s1. The Morgan fingerprint density at radius 3 is 2.82 bits per heavy atom. The number of nitro groups is 1. The second-order valence-corrected chi connectivity index (χ2v) is 7.28. The number of esters is 1. The molecule has 0 saturated carbocycles. The van der Waals surface area contributed by atoms with E-state index in [1.165, 1.54) is 35.5 Å². The van der Waals surface area contributed by atoms with Crippen molar-refractivity contribution in [1.82, 2.24) is 5.32 Å². The number of rotatable bonds is 6. The van der Waals surface area contributed by atoms with Crippen molar-refractivity contribution in [2.24, 2.45) is 0 Å². The van der Waals surface area contributed by atoms with Gasteiger partial charge < -0.3 is 10.1 Å². The minimum Gasteiger partial charge on any atom is -0.452 e. The predicted octanol–water partition coefficient (Wildman–Crippen LogP) is 3.67. The molecule has 3 rings (SSSR count). The highest BCUT2D eigenvalue weighted by Crippen LogP contribution is 2.30. The lowest BCUT2D eigenvalue weighted by Gasteiger charge is -2.26. The summed E-state index contributed by atoms with van der Waals surface area (Å²) >= 11 is 1.22. The highest BCUT2D eigenvalue weighted by Gasteiger charge is 2.22. The number of nitro benzene ring substituents is 1. The van der Waals surface area contributed by atoms with E-state index in [0.717, 1.165) is 24.8 Å². The molecule has 0 aliphatic heterocycles. The molecule has 7 nitrogen and oxygen atoms in total. The van der Waals surface area contributed by atoms with E-state index in [1.807, 2.05) is 18.2 Å². The van der Waals surface area contributed by atoms with Crippen LogP contribution in [-0.2, 0) is 16.0 Å². The summed E-state index contributed by atoms with van der Waals surface area (Å²) in [6, 6.07) is 12.0. The molecular weight excluding hydrogens is 380 g/mol. The number of amides is 1. The molecule has 146 valence electrons. The fraction of sp³-hybridized carbons (Fsp3) is 0.300. The van der Waals surface area contributed by atoms with Gasteiger partial charge in [0.1, 0.15) is 0 Å². The summed E-state index contributed by atoms with van der Waals surface area (Å²) in [7, 11) is 0. The summed E-state index contributed by atoms with van der Waals surface area (Å²) in [5.74, 6) is -1.17. The molecule has 1 atom stereocenters. The van der Waals surface area contributed by atoms with Crippen LogP contribution in [0.2, 0.25) is 0 Å². The van der Waals surface area contributed by atoms with Gasteiger partial charge in [0, 0.05) is 6.07 Å². The molecule has 1 aliphatic carbocycles. The average molecular weight is 400 g/mol. The molecule has 0 fully saturated rings. The van der Waals surface area contributed by atoms with Crippen molar-refractivity contribution in [2.75, 3.05) is 12.9 Å². The molecule has 1 aliphatic rings. The third kappa shape index (κ3) is 4.51. The van der Waals surface area contributed by atoms with Crippen molar-refractivity contribution in [3.8, 4) is 0 Å². The van der Waals surface area contributed by atoms with Gasteiger partial charge in [-0.2, -0.15) is 0 Å². The van der Waals surface area contributed by atoms with E-state index < -0.39 is 23.4 Å². The van der Waals surface area contributed by atoms with Crippen LogP contribution in [-0.4, -0.2) is 29.7 Å². The van der Waals surface area contributed by atoms with Crippen molar-refractivity contribution >= 4 is 29.3 Å². The Kier molecular flexibility index (Phi) is 6.30. The highest BCUT2D eigenvalue weighted by molar-refractivity contribution is 7.98. The van der Waals surface area contributed by atoms with E-state index in [1.54, 1.807) is 6.26 Å². The minimum absolute atomic E-state index is 0.0420. The second kappa shape index (κ2) is 8.88. The first kappa shape index (κ1) is 19.9. The number of fused-ring (bicyclic) bond motifs is 1. The van der Waals surface area contributed by atoms with Crippen LogP contribution in [0.25, 0.3) is 0 Å². The fourth-order valence-electron chi connectivity index (χ4n) is 3.31. The summed E-state index contributed by atoms with van der Waals surface area (Å²) in [6.45, 7) is -0.435. The van der Waals surface area contributed by atoms with Gasteiger partial charge in [-0.25, -0.2) is 4.79 Å². The van der Waals surface area contributed by atoms with Gasteiger partial charge in [0.15, 0.2) is 6.61 Å². The normalized spacial score (nSPS) is 15.4. The highest BCUT2D eigenvalue weighted by atomic mass is 32.2. The SMILES string of the molecule is CSc1ccc(C(=O)OCC(=O)N[C@H]2CCCc3ccccc32)cc1[N+](=O)[O-]. The number of carbonyl (C=O) groups excluding carboxylic acids is 2. The van der Waals surface area contributed by atoms with Crippen molar-refractivity contribution in [1.29, 1.82) is 0 Å². The molecule has 0 aromatic heterocycles. The zero-order chi connectivity index (χ0) is 20.1. The number of hydrogen-bond donors (Lipinski definition) is 1. The zero-order valence-electron chi connectivity index (χ0n) is 15.3. The summed E-state index contributed by atoms with van der Waals surface area (Å²) in [4.78, 5) is 35.4. The van der Waals surface area contributed by atoms with Crippen LogP contribution in [0.15, 0.2) is 47.4 Å². The first-order valence-electron chi connectivity index (χ1n) is 8.86. The minimum atomic E-state index is -0.769. The monoisotopic (exact) mass is 400 g/mol. The molecule has 0 unspecified atom stereocenters. The molecule has 2 aromatic carbocycles. The molecule has 0 heterocycles. The Hall–Kier alpha value is -2.87. The van der Waals surface area contributed by atoms with Gasteiger partial charge in [-0.15, -0.1) is 11.8 Å². The number of thioether (sulfide) groups is 1. The van der Waals surface area contributed by atoms with E-state index in [2.05, 4.69) is 11.4 Å². The Morgan fingerprint density at radius 2 is 2.07 bits per heavy atom. The van der Waals surface area contributed by atoms with Gasteiger partial charge in [0.05, 0.1) is 21.4 Å². The van der Waals surface area contributed by atoms with Gasteiger partial charge in [0.25, 0.3) is 11.6 Å². The van der Waals surface area contributed by atoms with Crippen LogP contribution in [0.3, 0.4) is 0 Å². The molecule has 0 radical (unpaired) electrons. The fourth-order valence-corrected chi connectivity index (χ4v) is 3.86. The number of hydrogen-bond acceptors (Lipinski definition) is 6. The molecule has 0 bridgehead atoms. The summed E-state index contributed by atoms with van der Waals surface area (Å²) < 4.78 is 5.05. The Bertz CT molecular complexity index is 915. The number of nitrogens with zero attached hydrogens (tertiary/aromatic N) is 1. The molecule has 0 spiro atoms. The molecule has 1 N–H and O–H groups in total. The summed E-state index contributed by atoms with van der Waals surface area (Å²) in [6.07, 6.45) is 4.52. The predicted molar refractivity (Wildman–Crippen MR) is 105 cm³/mol. The van der Waals surface area contributed by atoms with E-state index >= 15 is 0 Å². The van der Waals surface area contributed by atoms with E-state index in [9.17, 15) is 19.7 Å². The smallest absolute Gasteiger partial charge is 0.338 e. The lowest BCUT2D eigenvalue weighted by molar-refractivity contribution is -0.387. The summed E-state index contributed by atoms with van der Waals surface area (Å²) in [5.41, 5.74) is 2.19. The maximum atomic E-state index is 12.2. The van der Waals surface area contributed by atoms with Gasteiger partial charge in [-0.1, -0.05) is 24.3 Å². The topological polar surface area (TPSA) is 98.5 Å². The Balaban J connectivity index is 1.60. The first-order valence-corrected chi connectivity index (χ1v) is 10.1. The van der Waals surface area contributed by atoms with Gasteiger partial charge in [0.2, 0.25) is 0 Å². The number of aryl methyl sites for hydroxylation is 1. The van der Waals surface area contributed by atoms with Gasteiger partial charge >= 0.3 is 5.97 Å². The molecule has 0 saturated heterocycles. The maximum absolute atomic E-state index is 12.2. The van der Waals surface area contributed by atoms with Crippen LogP contribution >= 0.6 is 11.8 Å². The quantitative estimate of drug-likeness (QED) is 0.344. The van der Waals surface area contributed by atoms with Crippen LogP contribution in [0.1, 0.15) is 40.4 Å². The Labute approximate surface area is 166 Å². The third-order valence-electron chi connectivity index (χ3n) is 4.65. The number of benzene rings is 2. The zero-order valence-corrected chi connectivity index (χ0v) is 16.2. The van der Waals surface area contributed by atoms with Crippen LogP contribution in [0.5, 0.6) is 0 Å². The van der Waals surface area contributed by atoms with Crippen molar-refractivity contribution in [3.63, 3.8) is 0 Å². The molecule has 8 heteroatoms. The maximum Gasteiger partial charge on any atom is 0.338 e. The van der Waals surface area contributed by atoms with Crippen molar-refractivity contribution in [2.45, 2.75) is 30.2 Å². The number of ether oxygens (including phenoxy) is 1. The Morgan fingerprint density at radius 1 is 1.29 bits per heavy atom. The van der Waals surface area contributed by atoms with Gasteiger partial charge in [-0.05, 0) is 48.8 Å². The third-order valence-corrected chi connectivity index (χ3v) is 5.44. The van der Waals surface area contributed by atoms with Crippen molar-refractivity contribution < 1.29 is 19.2 Å². The van der Waals surface area contributed by atoms with Crippen LogP contribution in [0.4, 0.5) is 5.69 Å². The van der Waals surface area contributed by atoms with Crippen LogP contribution < -0.4 is 5.32 Å². The largest absolute Gasteiger partial charge is 0.452 e. The molecule has 2 aromatic rings. The van der Waals surface area contributed by atoms with E-state index in [0.29, 0.717) is 4.90 Å². The van der Waals surface area contributed by atoms with Crippen molar-refractivity contribution in [3.05, 3.63) is 69.3 Å². The molecule has 28 heavy (non-hydrogen) atoms. The first-order chi connectivity index (χ1) is 13.5. The second-order valence-electron chi connectivity index (χ2n) is 6.43. The average Bonchev–Trinajstić information content (AvgIpc) is 2.71. The lowest BCUT2D eigenvalue weighted by Crippen LogP contribution is -2.34. The number of carbonyl (C=O) groups is 2. The van der Waals surface area contributed by atoms with Crippen LogP contribution in [0, 0.1) is 10.1 Å². The summed E-state index contributed by atoms with van der Waals surface area (Å²) in [5, 5.41) is 14.0. The lowest BCUT2D eigenvalue weighted by atomic mass is 9.88. The molecule has 1 amide bonds. The van der Waals surface area contributed by atoms with E-state index in [4.69, 9.17) is 4.74 Å². The number of nitrogens with one attached hydrogen (secondary N) is 1. The van der Waals surface area contributed by atoms with Gasteiger partial charge in [-0.3, -0.25) is 14.9 Å².